The number of anilines is 1. The maximum Gasteiger partial charge on any atom is 0.222 e. The number of carbonyl (C=O) groups is 1. The summed E-state index contributed by atoms with van der Waals surface area (Å²) in [6.45, 7) is 7.56. The lowest BCUT2D eigenvalue weighted by Crippen LogP contribution is -2.42. The number of pyridine rings is 1. The number of primary amides is 1. The zero-order valence-electron chi connectivity index (χ0n) is 17.6. The van der Waals surface area contributed by atoms with Crippen LogP contribution < -0.4 is 16.0 Å². The number of piperidine rings is 1. The molecule has 0 aliphatic carbocycles. The van der Waals surface area contributed by atoms with Crippen molar-refractivity contribution in [2.45, 2.75) is 32.7 Å². The predicted molar refractivity (Wildman–Crippen MR) is 115 cm³/mol. The van der Waals surface area contributed by atoms with Crippen molar-refractivity contribution in [2.24, 2.45) is 22.6 Å². The van der Waals surface area contributed by atoms with Crippen LogP contribution in [-0.2, 0) is 16.1 Å². The molecule has 0 saturated carbocycles. The number of hydrogen-bond donors (Lipinski definition) is 2. The molecule has 3 heterocycles. The fourth-order valence-electron chi connectivity index (χ4n) is 4.07. The van der Waals surface area contributed by atoms with Gasteiger partial charge in [-0.1, -0.05) is 6.07 Å². The number of rotatable bonds is 7. The number of hydrogen-bond acceptors (Lipinski definition) is 5. The summed E-state index contributed by atoms with van der Waals surface area (Å²) in [6, 6.07) is 4.00. The summed E-state index contributed by atoms with van der Waals surface area (Å²) in [6.07, 6.45) is 4.70. The van der Waals surface area contributed by atoms with Gasteiger partial charge in [-0.3, -0.25) is 4.79 Å². The van der Waals surface area contributed by atoms with Crippen molar-refractivity contribution in [3.8, 4) is 0 Å². The van der Waals surface area contributed by atoms with Crippen LogP contribution >= 0.6 is 0 Å². The molecular weight excluding hydrogens is 368 g/mol. The van der Waals surface area contributed by atoms with Gasteiger partial charge in [-0.25, -0.2) is 9.98 Å². The van der Waals surface area contributed by atoms with Crippen LogP contribution in [0.15, 0.2) is 23.3 Å². The molecule has 0 spiro atoms. The molecule has 8 nitrogen and oxygen atoms in total. The highest BCUT2D eigenvalue weighted by atomic mass is 16.5. The van der Waals surface area contributed by atoms with Crippen molar-refractivity contribution < 1.29 is 9.53 Å². The van der Waals surface area contributed by atoms with E-state index in [4.69, 9.17) is 15.5 Å². The van der Waals surface area contributed by atoms with Crippen molar-refractivity contribution >= 4 is 17.7 Å². The zero-order valence-corrected chi connectivity index (χ0v) is 17.6. The number of nitrogens with two attached hydrogens (primary N) is 1. The van der Waals surface area contributed by atoms with Crippen LogP contribution in [0.1, 0.15) is 31.7 Å². The number of aliphatic imine (C=N–C) groups is 1. The van der Waals surface area contributed by atoms with Gasteiger partial charge >= 0.3 is 0 Å². The van der Waals surface area contributed by atoms with E-state index in [2.05, 4.69) is 40.1 Å². The first kappa shape index (κ1) is 21.4. The second-order valence-electron chi connectivity index (χ2n) is 7.95. The normalized spacial score (nSPS) is 22.6. The number of carbonyl (C=O) groups excluding carboxylic acids is 1. The lowest BCUT2D eigenvalue weighted by atomic mass is 9.97. The quantitative estimate of drug-likeness (QED) is 0.526. The molecule has 0 radical (unpaired) electrons. The summed E-state index contributed by atoms with van der Waals surface area (Å²) >= 11 is 0. The first-order chi connectivity index (χ1) is 14.1. The first-order valence-electron chi connectivity index (χ1n) is 10.6. The zero-order chi connectivity index (χ0) is 20.6. The summed E-state index contributed by atoms with van der Waals surface area (Å²) in [5, 5.41) is 3.39. The molecule has 2 atom stereocenters. The van der Waals surface area contributed by atoms with Crippen LogP contribution in [0.4, 0.5) is 5.82 Å². The van der Waals surface area contributed by atoms with Gasteiger partial charge in [0.05, 0.1) is 19.1 Å². The molecule has 2 fully saturated rings. The average Bonchev–Trinajstić information content (AvgIpc) is 3.24. The number of ether oxygens (including phenoxy) is 1. The molecular formula is C21H34N6O2. The topological polar surface area (TPSA) is 96.1 Å². The Morgan fingerprint density at radius 3 is 3.07 bits per heavy atom. The highest BCUT2D eigenvalue weighted by molar-refractivity contribution is 5.80. The average molecular weight is 403 g/mol. The Balaban J connectivity index is 1.71. The highest BCUT2D eigenvalue weighted by Crippen LogP contribution is 2.25. The molecule has 8 heteroatoms. The molecule has 29 heavy (non-hydrogen) atoms. The molecule has 0 bridgehead atoms. The van der Waals surface area contributed by atoms with Crippen LogP contribution in [0.3, 0.4) is 0 Å². The third kappa shape index (κ3) is 5.82. The van der Waals surface area contributed by atoms with Crippen molar-refractivity contribution in [2.75, 3.05) is 51.3 Å². The van der Waals surface area contributed by atoms with Crippen molar-refractivity contribution in [3.05, 3.63) is 23.9 Å². The second kappa shape index (κ2) is 10.4. The van der Waals surface area contributed by atoms with E-state index in [0.29, 0.717) is 19.0 Å². The van der Waals surface area contributed by atoms with Gasteiger partial charge in [0, 0.05) is 57.5 Å². The SMILES string of the molecule is CCNC(=NCc1cccnc1N1CCCC(C(N)=O)C1)N(C)CC1CCOC1. The Morgan fingerprint density at radius 1 is 1.48 bits per heavy atom. The molecule has 2 aliphatic heterocycles. The van der Waals surface area contributed by atoms with E-state index >= 15 is 0 Å². The monoisotopic (exact) mass is 402 g/mol. The van der Waals surface area contributed by atoms with Crippen LogP contribution in [-0.4, -0.2) is 68.2 Å². The summed E-state index contributed by atoms with van der Waals surface area (Å²) < 4.78 is 5.50. The van der Waals surface area contributed by atoms with Crippen molar-refractivity contribution in [1.82, 2.24) is 15.2 Å². The van der Waals surface area contributed by atoms with E-state index in [9.17, 15) is 4.79 Å². The van der Waals surface area contributed by atoms with Crippen LogP contribution in [0.5, 0.6) is 0 Å². The fourth-order valence-corrected chi connectivity index (χ4v) is 4.07. The Bertz CT molecular complexity index is 704. The molecule has 1 aromatic heterocycles. The lowest BCUT2D eigenvalue weighted by Gasteiger charge is -2.33. The molecule has 160 valence electrons. The van der Waals surface area contributed by atoms with Crippen LogP contribution in [0.25, 0.3) is 0 Å². The molecule has 3 rings (SSSR count). The van der Waals surface area contributed by atoms with E-state index in [1.165, 1.54) is 0 Å². The van der Waals surface area contributed by atoms with Crippen LogP contribution in [0.2, 0.25) is 0 Å². The van der Waals surface area contributed by atoms with Gasteiger partial charge in [0.25, 0.3) is 0 Å². The van der Waals surface area contributed by atoms with E-state index in [1.54, 1.807) is 6.20 Å². The van der Waals surface area contributed by atoms with Crippen LogP contribution in [0, 0.1) is 11.8 Å². The van der Waals surface area contributed by atoms with E-state index in [1.807, 2.05) is 6.07 Å². The molecule has 3 N–H and O–H groups in total. The molecule has 1 amide bonds. The minimum atomic E-state index is -0.225. The second-order valence-corrected chi connectivity index (χ2v) is 7.95. The summed E-state index contributed by atoms with van der Waals surface area (Å²) in [4.78, 5) is 25.5. The van der Waals surface area contributed by atoms with E-state index in [-0.39, 0.29) is 11.8 Å². The molecule has 2 saturated heterocycles. The smallest absolute Gasteiger partial charge is 0.222 e. The maximum atomic E-state index is 11.7. The van der Waals surface area contributed by atoms with Gasteiger partial charge in [0.15, 0.2) is 5.96 Å². The number of amides is 1. The van der Waals surface area contributed by atoms with Gasteiger partial charge in [0.2, 0.25) is 5.91 Å². The predicted octanol–water partition coefficient (Wildman–Crippen LogP) is 1.22. The first-order valence-corrected chi connectivity index (χ1v) is 10.6. The maximum absolute atomic E-state index is 11.7. The summed E-state index contributed by atoms with van der Waals surface area (Å²) in [5.74, 6) is 2.01. The van der Waals surface area contributed by atoms with Gasteiger partial charge < -0.3 is 25.6 Å². The van der Waals surface area contributed by atoms with Gasteiger partial charge in [-0.2, -0.15) is 0 Å². The van der Waals surface area contributed by atoms with Gasteiger partial charge in [-0.15, -0.1) is 0 Å². The third-order valence-electron chi connectivity index (χ3n) is 5.64. The van der Waals surface area contributed by atoms with Crippen molar-refractivity contribution in [1.29, 1.82) is 0 Å². The molecule has 2 aliphatic rings. The van der Waals surface area contributed by atoms with Crippen molar-refractivity contribution in [3.63, 3.8) is 0 Å². The Hall–Kier alpha value is -2.35. The third-order valence-corrected chi connectivity index (χ3v) is 5.64. The Kier molecular flexibility index (Phi) is 7.69. The minimum absolute atomic E-state index is 0.112. The lowest BCUT2D eigenvalue weighted by molar-refractivity contribution is -0.122. The number of nitrogens with zero attached hydrogens (tertiary/aromatic N) is 4. The molecule has 0 aromatic carbocycles. The minimum Gasteiger partial charge on any atom is -0.381 e. The van der Waals surface area contributed by atoms with Gasteiger partial charge in [-0.05, 0) is 32.3 Å². The fraction of sp³-hybridized carbons (Fsp3) is 0.667. The van der Waals surface area contributed by atoms with E-state index in [0.717, 1.165) is 69.5 Å². The Morgan fingerprint density at radius 2 is 2.34 bits per heavy atom. The number of aromatic nitrogens is 1. The van der Waals surface area contributed by atoms with Gasteiger partial charge in [0.1, 0.15) is 5.82 Å². The summed E-state index contributed by atoms with van der Waals surface area (Å²) in [7, 11) is 2.08. The largest absolute Gasteiger partial charge is 0.381 e. The number of guanidine groups is 1. The standard InChI is InChI=1S/C21H34N6O2/c1-3-23-21(26(2)13-16-8-11-29-15-16)25-12-17-6-4-9-24-20(17)27-10-5-7-18(14-27)19(22)28/h4,6,9,16,18H,3,5,7-8,10-15H2,1-2H3,(H2,22,28)(H,23,25). The molecule has 2 unspecified atom stereocenters. The van der Waals surface area contributed by atoms with E-state index < -0.39 is 0 Å². The Labute approximate surface area is 173 Å². The number of nitrogens with one attached hydrogen (secondary N) is 1. The highest BCUT2D eigenvalue weighted by Gasteiger charge is 2.26. The molecule has 1 aromatic rings. The summed E-state index contributed by atoms with van der Waals surface area (Å²) in [5.41, 5.74) is 6.61.